The van der Waals surface area contributed by atoms with Crippen LogP contribution in [-0.4, -0.2) is 55.5 Å². The third-order valence-electron chi connectivity index (χ3n) is 4.27. The van der Waals surface area contributed by atoms with Crippen LogP contribution in [0.5, 0.6) is 11.5 Å². The van der Waals surface area contributed by atoms with Crippen molar-refractivity contribution in [2.24, 2.45) is 0 Å². The molecule has 2 rings (SSSR count). The van der Waals surface area contributed by atoms with Crippen molar-refractivity contribution in [3.63, 3.8) is 0 Å². The molecule has 5 nitrogen and oxygen atoms in total. The van der Waals surface area contributed by atoms with Gasteiger partial charge in [-0.05, 0) is 57.3 Å². The van der Waals surface area contributed by atoms with Crippen LogP contribution in [0, 0.1) is 6.92 Å². The number of phenols is 2. The highest BCUT2D eigenvalue weighted by Gasteiger charge is 2.22. The van der Waals surface area contributed by atoms with E-state index >= 15 is 0 Å². The number of hydrogen-bond acceptors (Lipinski definition) is 5. The lowest BCUT2D eigenvalue weighted by Crippen LogP contribution is -2.29. The Morgan fingerprint density at radius 2 is 1.86 bits per heavy atom. The molecule has 0 bridgehead atoms. The summed E-state index contributed by atoms with van der Waals surface area (Å²) in [6, 6.07) is 12.7. The van der Waals surface area contributed by atoms with Gasteiger partial charge in [-0.1, -0.05) is 30.3 Å². The van der Waals surface area contributed by atoms with Crippen molar-refractivity contribution < 1.29 is 14.9 Å². The molecule has 154 valence electrons. The molecule has 1 unspecified atom stereocenters. The van der Waals surface area contributed by atoms with E-state index in [2.05, 4.69) is 16.8 Å². The monoisotopic (exact) mass is 386 g/mol. The number of hydrogen-bond donors (Lipinski definition) is 3. The molecule has 0 fully saturated rings. The molecule has 0 aliphatic carbocycles. The standard InChI is InChI=1S/C19H25NO3.C4H9N/c1-4-23-12-11-20(3)19(15-6-8-16(21)9-7-15)17-10-5-14(2)13-18(17)22;1-3-4-5-2/h5-10,13,19,21-22H,4,11-12H2,1-3H3;3,5H,1,4H2,2H3. The highest BCUT2D eigenvalue weighted by Crippen LogP contribution is 2.34. The molecule has 0 radical (unpaired) electrons. The van der Waals surface area contributed by atoms with E-state index in [1.807, 2.05) is 58.3 Å². The van der Waals surface area contributed by atoms with E-state index in [1.54, 1.807) is 18.2 Å². The fourth-order valence-electron chi connectivity index (χ4n) is 2.84. The number of benzene rings is 2. The molecule has 0 heterocycles. The molecular weight excluding hydrogens is 352 g/mol. The van der Waals surface area contributed by atoms with Crippen LogP contribution in [0.3, 0.4) is 0 Å². The second kappa shape index (κ2) is 12.9. The van der Waals surface area contributed by atoms with E-state index in [0.717, 1.165) is 29.8 Å². The van der Waals surface area contributed by atoms with Gasteiger partial charge in [0.1, 0.15) is 11.5 Å². The molecule has 1 atom stereocenters. The van der Waals surface area contributed by atoms with Crippen LogP contribution in [0.2, 0.25) is 0 Å². The Labute approximate surface area is 169 Å². The molecule has 0 spiro atoms. The summed E-state index contributed by atoms with van der Waals surface area (Å²) in [5.74, 6) is 0.518. The van der Waals surface area contributed by atoms with Gasteiger partial charge in [-0.15, -0.1) is 6.58 Å². The van der Waals surface area contributed by atoms with Crippen LogP contribution in [-0.2, 0) is 4.74 Å². The summed E-state index contributed by atoms with van der Waals surface area (Å²) in [5, 5.41) is 22.8. The first-order chi connectivity index (χ1) is 13.4. The number of aryl methyl sites for hydroxylation is 1. The molecule has 0 aliphatic heterocycles. The number of phenolic OH excluding ortho intramolecular Hbond substituents is 2. The summed E-state index contributed by atoms with van der Waals surface area (Å²) in [6.45, 7) is 10.4. The summed E-state index contributed by atoms with van der Waals surface area (Å²) in [7, 11) is 3.90. The molecule has 5 heteroatoms. The maximum Gasteiger partial charge on any atom is 0.120 e. The third-order valence-corrected chi connectivity index (χ3v) is 4.27. The van der Waals surface area contributed by atoms with E-state index in [4.69, 9.17) is 4.74 Å². The summed E-state index contributed by atoms with van der Waals surface area (Å²) in [4.78, 5) is 2.15. The van der Waals surface area contributed by atoms with Crippen molar-refractivity contribution in [3.05, 3.63) is 71.8 Å². The zero-order valence-electron chi connectivity index (χ0n) is 17.5. The molecule has 3 N–H and O–H groups in total. The SMILES string of the molecule is C=CCNC.CCOCCN(C)C(c1ccc(O)cc1)c1ccc(C)cc1O. The van der Waals surface area contributed by atoms with Crippen LogP contribution >= 0.6 is 0 Å². The van der Waals surface area contributed by atoms with Gasteiger partial charge in [0.15, 0.2) is 0 Å². The summed E-state index contributed by atoms with van der Waals surface area (Å²) >= 11 is 0. The second-order valence-electron chi connectivity index (χ2n) is 6.58. The first-order valence-corrected chi connectivity index (χ1v) is 9.56. The maximum absolute atomic E-state index is 10.4. The number of nitrogens with one attached hydrogen (secondary N) is 1. The number of rotatable bonds is 9. The number of nitrogens with zero attached hydrogens (tertiary/aromatic N) is 1. The van der Waals surface area contributed by atoms with Gasteiger partial charge in [0, 0.05) is 25.3 Å². The van der Waals surface area contributed by atoms with Gasteiger partial charge >= 0.3 is 0 Å². The van der Waals surface area contributed by atoms with E-state index in [-0.39, 0.29) is 17.5 Å². The van der Waals surface area contributed by atoms with Crippen LogP contribution < -0.4 is 5.32 Å². The Morgan fingerprint density at radius 3 is 2.36 bits per heavy atom. The Kier molecular flexibility index (Phi) is 11.0. The van der Waals surface area contributed by atoms with Gasteiger partial charge in [0.25, 0.3) is 0 Å². The number of aromatic hydroxyl groups is 2. The van der Waals surface area contributed by atoms with Gasteiger partial charge in [-0.2, -0.15) is 0 Å². The maximum atomic E-state index is 10.4. The fraction of sp³-hybridized carbons (Fsp3) is 0.391. The number of ether oxygens (including phenoxy) is 1. The average molecular weight is 387 g/mol. The van der Waals surface area contributed by atoms with Crippen LogP contribution in [0.1, 0.15) is 29.7 Å². The zero-order chi connectivity index (χ0) is 20.9. The Hall–Kier alpha value is -2.34. The molecular formula is C23H34N2O3. The smallest absolute Gasteiger partial charge is 0.120 e. The summed E-state index contributed by atoms with van der Waals surface area (Å²) in [6.07, 6.45) is 1.82. The molecule has 0 aliphatic rings. The lowest BCUT2D eigenvalue weighted by molar-refractivity contribution is 0.113. The molecule has 28 heavy (non-hydrogen) atoms. The number of likely N-dealkylation sites (N-methyl/N-ethyl adjacent to an activating group) is 2. The highest BCUT2D eigenvalue weighted by atomic mass is 16.5. The highest BCUT2D eigenvalue weighted by molar-refractivity contribution is 5.43. The Bertz CT molecular complexity index is 701. The van der Waals surface area contributed by atoms with Crippen LogP contribution in [0.25, 0.3) is 0 Å². The second-order valence-corrected chi connectivity index (χ2v) is 6.58. The minimum absolute atomic E-state index is 0.100. The van der Waals surface area contributed by atoms with E-state index < -0.39 is 0 Å². The van der Waals surface area contributed by atoms with Crippen molar-refractivity contribution in [2.75, 3.05) is 40.4 Å². The van der Waals surface area contributed by atoms with Crippen molar-refractivity contribution in [3.8, 4) is 11.5 Å². The fourth-order valence-corrected chi connectivity index (χ4v) is 2.84. The lowest BCUT2D eigenvalue weighted by Gasteiger charge is -2.29. The average Bonchev–Trinajstić information content (AvgIpc) is 2.66. The van der Waals surface area contributed by atoms with E-state index in [9.17, 15) is 10.2 Å². The van der Waals surface area contributed by atoms with Crippen molar-refractivity contribution >= 4 is 0 Å². The van der Waals surface area contributed by atoms with E-state index in [1.165, 1.54) is 0 Å². The quantitative estimate of drug-likeness (QED) is 0.451. The minimum Gasteiger partial charge on any atom is -0.508 e. The zero-order valence-corrected chi connectivity index (χ0v) is 17.5. The molecule has 2 aromatic rings. The normalized spacial score (nSPS) is 11.6. The van der Waals surface area contributed by atoms with Crippen LogP contribution in [0.15, 0.2) is 55.1 Å². The Morgan fingerprint density at radius 1 is 1.18 bits per heavy atom. The predicted molar refractivity (Wildman–Crippen MR) is 116 cm³/mol. The summed E-state index contributed by atoms with van der Waals surface area (Å²) < 4.78 is 5.45. The van der Waals surface area contributed by atoms with Gasteiger partial charge in [-0.3, -0.25) is 4.90 Å². The molecule has 2 aromatic carbocycles. The van der Waals surface area contributed by atoms with Gasteiger partial charge < -0.3 is 20.3 Å². The molecule has 0 saturated heterocycles. The lowest BCUT2D eigenvalue weighted by atomic mass is 9.95. The topological polar surface area (TPSA) is 65.0 Å². The minimum atomic E-state index is -0.100. The summed E-state index contributed by atoms with van der Waals surface area (Å²) in [5.41, 5.74) is 2.88. The molecule has 0 saturated carbocycles. The van der Waals surface area contributed by atoms with Crippen molar-refractivity contribution in [2.45, 2.75) is 19.9 Å². The largest absolute Gasteiger partial charge is 0.508 e. The van der Waals surface area contributed by atoms with Gasteiger partial charge in [0.05, 0.1) is 12.6 Å². The Balaban J connectivity index is 0.000000696. The first-order valence-electron chi connectivity index (χ1n) is 9.56. The van der Waals surface area contributed by atoms with Gasteiger partial charge in [0.2, 0.25) is 0 Å². The molecule has 0 amide bonds. The van der Waals surface area contributed by atoms with Crippen molar-refractivity contribution in [1.29, 1.82) is 0 Å². The van der Waals surface area contributed by atoms with Crippen LogP contribution in [0.4, 0.5) is 0 Å². The van der Waals surface area contributed by atoms with Crippen molar-refractivity contribution in [1.82, 2.24) is 10.2 Å². The molecule has 0 aromatic heterocycles. The van der Waals surface area contributed by atoms with E-state index in [0.29, 0.717) is 13.2 Å². The van der Waals surface area contributed by atoms with Gasteiger partial charge in [-0.25, -0.2) is 0 Å². The third kappa shape index (κ3) is 7.72. The first kappa shape index (κ1) is 23.7. The predicted octanol–water partition coefficient (Wildman–Crippen LogP) is 3.86.